The van der Waals surface area contributed by atoms with Gasteiger partial charge in [-0.2, -0.15) is 13.2 Å². The molecule has 2 aliphatic rings. The third-order valence-corrected chi connectivity index (χ3v) is 10.0. The van der Waals surface area contributed by atoms with Gasteiger partial charge in [0.1, 0.15) is 5.75 Å². The summed E-state index contributed by atoms with van der Waals surface area (Å²) in [5, 5.41) is 9.86. The summed E-state index contributed by atoms with van der Waals surface area (Å²) < 4.78 is 45.3. The smallest absolute Gasteiger partial charge is 0.389 e. The molecule has 10 nitrogen and oxygen atoms in total. The number of nitrogens with zero attached hydrogens (tertiary/aromatic N) is 4. The van der Waals surface area contributed by atoms with Crippen molar-refractivity contribution in [2.75, 3.05) is 32.1 Å². The fourth-order valence-electron chi connectivity index (χ4n) is 6.60. The van der Waals surface area contributed by atoms with Gasteiger partial charge < -0.3 is 25.3 Å². The minimum atomic E-state index is -4.18. The van der Waals surface area contributed by atoms with Gasteiger partial charge >= 0.3 is 6.18 Å². The number of hydrogen-bond acceptors (Lipinski definition) is 7. The second-order valence-electron chi connectivity index (χ2n) is 12.7. The van der Waals surface area contributed by atoms with E-state index in [1.54, 1.807) is 49.2 Å². The molecule has 6 rings (SSSR count). The van der Waals surface area contributed by atoms with Crippen LogP contribution in [0.3, 0.4) is 0 Å². The molecule has 0 spiro atoms. The zero-order chi connectivity index (χ0) is 36.3. The van der Waals surface area contributed by atoms with E-state index >= 15 is 0 Å². The van der Waals surface area contributed by atoms with E-state index in [4.69, 9.17) is 27.9 Å². The van der Waals surface area contributed by atoms with Crippen LogP contribution in [-0.4, -0.2) is 70.2 Å². The Balaban J connectivity index is 1.16. The van der Waals surface area contributed by atoms with Gasteiger partial charge in [0.2, 0.25) is 5.91 Å². The van der Waals surface area contributed by atoms with Crippen LogP contribution in [0.2, 0.25) is 10.0 Å². The summed E-state index contributed by atoms with van der Waals surface area (Å²) >= 11 is 13.9. The van der Waals surface area contributed by atoms with E-state index in [9.17, 15) is 22.8 Å². The molecule has 0 saturated carbocycles. The maximum absolute atomic E-state index is 13.5. The molecule has 0 unspecified atom stereocenters. The predicted molar refractivity (Wildman–Crippen MR) is 190 cm³/mol. The lowest BCUT2D eigenvalue weighted by atomic mass is 10.0. The van der Waals surface area contributed by atoms with E-state index in [0.717, 1.165) is 23.2 Å². The minimum absolute atomic E-state index is 0.0130. The van der Waals surface area contributed by atoms with Crippen molar-refractivity contribution in [2.45, 2.75) is 57.4 Å². The molecular formula is C36H38Cl2F3N7O3. The van der Waals surface area contributed by atoms with Crippen molar-refractivity contribution in [2.24, 2.45) is 7.05 Å². The first-order valence-corrected chi connectivity index (χ1v) is 17.4. The van der Waals surface area contributed by atoms with Gasteiger partial charge in [0.05, 0.1) is 34.2 Å². The number of alkyl halides is 3. The second kappa shape index (κ2) is 15.6. The van der Waals surface area contributed by atoms with E-state index in [2.05, 4.69) is 25.9 Å². The lowest BCUT2D eigenvalue weighted by molar-refractivity contribution is -0.136. The number of anilines is 1. The maximum Gasteiger partial charge on any atom is 0.389 e. The van der Waals surface area contributed by atoms with Crippen molar-refractivity contribution >= 4 is 40.7 Å². The van der Waals surface area contributed by atoms with Gasteiger partial charge in [-0.3, -0.25) is 19.5 Å². The fraction of sp³-hybridized carbons (Fsp3) is 0.389. The number of aromatic nitrogens is 3. The number of hydrogen-bond donors (Lipinski definition) is 3. The van der Waals surface area contributed by atoms with Crippen LogP contribution < -0.4 is 20.7 Å². The van der Waals surface area contributed by atoms with E-state index in [0.29, 0.717) is 84.5 Å². The van der Waals surface area contributed by atoms with E-state index < -0.39 is 18.5 Å². The monoisotopic (exact) mass is 743 g/mol. The Kier molecular flexibility index (Phi) is 11.2. The first-order valence-electron chi connectivity index (χ1n) is 16.7. The first-order chi connectivity index (χ1) is 24.4. The molecule has 2 aliphatic heterocycles. The fourth-order valence-corrected chi connectivity index (χ4v) is 7.19. The highest BCUT2D eigenvalue weighted by molar-refractivity contribution is 6.39. The summed E-state index contributed by atoms with van der Waals surface area (Å²) in [6, 6.07) is 12.9. The average Bonchev–Trinajstić information content (AvgIpc) is 3.67. The first kappa shape index (κ1) is 36.6. The Morgan fingerprint density at radius 1 is 1.12 bits per heavy atom. The molecular weight excluding hydrogens is 706 g/mol. The van der Waals surface area contributed by atoms with Crippen molar-refractivity contribution in [3.8, 4) is 28.1 Å². The van der Waals surface area contributed by atoms with Crippen molar-refractivity contribution < 1.29 is 27.5 Å². The number of carbonyl (C=O) groups excluding carboxylic acids is 2. The number of ether oxygens (including phenoxy) is 1. The number of methoxy groups -OCH3 is 1. The summed E-state index contributed by atoms with van der Waals surface area (Å²) in [6.45, 7) is 2.48. The summed E-state index contributed by atoms with van der Waals surface area (Å²) in [4.78, 5) is 36.0. The molecule has 3 N–H and O–H groups in total. The molecule has 2 amide bonds. The van der Waals surface area contributed by atoms with Crippen LogP contribution in [0.1, 0.15) is 53.3 Å². The van der Waals surface area contributed by atoms with Gasteiger partial charge in [-0.15, -0.1) is 0 Å². The SMILES string of the molecule is COc1cc(-c2nccc(-c3cccc(NC(=O)c4nc5c(n4C)CCN(CCCC(F)(F)F)C5)c3Cl)c2Cl)ccc1CNC[C@@H]1CCC(=O)N1. The van der Waals surface area contributed by atoms with E-state index in [-0.39, 0.29) is 29.2 Å². The van der Waals surface area contributed by atoms with Crippen LogP contribution in [0.15, 0.2) is 48.7 Å². The molecule has 2 aromatic heterocycles. The number of amides is 2. The number of pyridine rings is 1. The standard InChI is InChI=1S/C36H38Cl2F3N7O3/c1-47-28-12-16-48(15-4-13-36(39,40)41)20-27(28)45-34(47)35(50)46-26-6-3-5-24(31(26)37)25-11-14-43-33(32(25)38)21-7-8-22(29(17-21)51-2)18-42-19-23-9-10-30(49)44-23/h3,5-8,11,14,17,23,42H,4,9-10,12-13,15-16,18-20H2,1-2H3,(H,44,49)(H,46,50)/t23-/m0/s1. The third-order valence-electron chi connectivity index (χ3n) is 9.25. The average molecular weight is 745 g/mol. The Bertz CT molecular complexity index is 1930. The maximum atomic E-state index is 13.5. The molecule has 1 saturated heterocycles. The zero-order valence-electron chi connectivity index (χ0n) is 28.2. The predicted octanol–water partition coefficient (Wildman–Crippen LogP) is 6.79. The molecule has 1 atom stereocenters. The van der Waals surface area contributed by atoms with Gasteiger partial charge in [-0.05, 0) is 37.6 Å². The molecule has 51 heavy (non-hydrogen) atoms. The minimum Gasteiger partial charge on any atom is -0.496 e. The number of benzene rings is 2. The Morgan fingerprint density at radius 3 is 2.67 bits per heavy atom. The molecule has 4 heterocycles. The summed E-state index contributed by atoms with van der Waals surface area (Å²) in [5.41, 5.74) is 5.32. The summed E-state index contributed by atoms with van der Waals surface area (Å²) in [7, 11) is 3.36. The molecule has 1 fully saturated rings. The molecule has 0 bridgehead atoms. The number of fused-ring (bicyclic) bond motifs is 1. The topological polar surface area (TPSA) is 113 Å². The molecule has 15 heteroatoms. The highest BCUT2D eigenvalue weighted by Gasteiger charge is 2.29. The highest BCUT2D eigenvalue weighted by atomic mass is 35.5. The quantitative estimate of drug-likeness (QED) is 0.147. The Hall–Kier alpha value is -4.17. The molecule has 0 aliphatic carbocycles. The van der Waals surface area contributed by atoms with E-state index in [1.807, 2.05) is 23.1 Å². The summed E-state index contributed by atoms with van der Waals surface area (Å²) in [5.74, 6) is 0.452. The van der Waals surface area contributed by atoms with Crippen molar-refractivity contribution in [1.29, 1.82) is 0 Å². The third kappa shape index (κ3) is 8.49. The van der Waals surface area contributed by atoms with Crippen molar-refractivity contribution in [3.63, 3.8) is 0 Å². The van der Waals surface area contributed by atoms with Gasteiger partial charge in [-0.1, -0.05) is 47.5 Å². The highest BCUT2D eigenvalue weighted by Crippen LogP contribution is 2.41. The number of carbonyl (C=O) groups is 2. The lowest BCUT2D eigenvalue weighted by Crippen LogP contribution is -2.35. The number of nitrogens with one attached hydrogen (secondary N) is 3. The largest absolute Gasteiger partial charge is 0.496 e. The lowest BCUT2D eigenvalue weighted by Gasteiger charge is -2.26. The second-order valence-corrected chi connectivity index (χ2v) is 13.5. The zero-order valence-corrected chi connectivity index (χ0v) is 29.7. The molecule has 270 valence electrons. The van der Waals surface area contributed by atoms with Gasteiger partial charge in [0.25, 0.3) is 5.91 Å². The van der Waals surface area contributed by atoms with Gasteiger partial charge in [0, 0.05) is 92.7 Å². The van der Waals surface area contributed by atoms with Crippen LogP contribution in [0.25, 0.3) is 22.4 Å². The van der Waals surface area contributed by atoms with Gasteiger partial charge in [-0.25, -0.2) is 4.98 Å². The normalized spacial score (nSPS) is 16.2. The Labute approximate surface area is 303 Å². The van der Waals surface area contributed by atoms with Crippen LogP contribution in [0.4, 0.5) is 18.9 Å². The van der Waals surface area contributed by atoms with Crippen molar-refractivity contribution in [1.82, 2.24) is 30.1 Å². The number of halogens is 5. The van der Waals surface area contributed by atoms with E-state index in [1.165, 1.54) is 0 Å². The van der Waals surface area contributed by atoms with Gasteiger partial charge in [0.15, 0.2) is 5.82 Å². The molecule has 4 aromatic rings. The molecule has 2 aromatic carbocycles. The van der Waals surface area contributed by atoms with Crippen LogP contribution in [0.5, 0.6) is 5.75 Å². The van der Waals surface area contributed by atoms with Crippen LogP contribution >= 0.6 is 23.2 Å². The number of rotatable bonds is 12. The summed E-state index contributed by atoms with van der Waals surface area (Å²) in [6.07, 6.45) is -1.42. The number of imidazole rings is 1. The van der Waals surface area contributed by atoms with Crippen LogP contribution in [-0.2, 0) is 31.4 Å². The van der Waals surface area contributed by atoms with Crippen LogP contribution in [0, 0.1) is 0 Å². The Morgan fingerprint density at radius 2 is 1.92 bits per heavy atom. The van der Waals surface area contributed by atoms with Crippen molar-refractivity contribution in [3.05, 3.63) is 81.5 Å². The molecule has 0 radical (unpaired) electrons.